The minimum absolute atomic E-state index is 0.0548. The highest BCUT2D eigenvalue weighted by Gasteiger charge is 2.47. The van der Waals surface area contributed by atoms with Crippen molar-refractivity contribution in [1.29, 1.82) is 0 Å². The largest absolute Gasteiger partial charge is 0.477 e. The van der Waals surface area contributed by atoms with Crippen LogP contribution < -0.4 is 4.90 Å². The third-order valence-corrected chi connectivity index (χ3v) is 6.56. The van der Waals surface area contributed by atoms with Crippen molar-refractivity contribution in [2.45, 2.75) is 37.0 Å². The summed E-state index contributed by atoms with van der Waals surface area (Å²) in [4.78, 5) is 24.8. The standard InChI is InChI=1S/C25H33NO12/c1-3-15-16(5-4-13-8-14(22(32)33)10-26(9-13)6-7-27)17(23(34)35-2)12-36-24(15)38-25-21(31)20(30)19(29)18(11-28)37-25/h3-5,8,10,12,15-16,18-21,24-25,27-31H,1,6-7,9,11H2,2H3,(H,32,33)/p+1. The van der Waals surface area contributed by atoms with E-state index in [0.717, 1.165) is 11.2 Å². The molecule has 3 aliphatic heterocycles. The molecule has 0 saturated carbocycles. The molecule has 13 nitrogen and oxygen atoms in total. The van der Waals surface area contributed by atoms with E-state index < -0.39 is 67.4 Å². The van der Waals surface area contributed by atoms with E-state index in [9.17, 15) is 40.2 Å². The van der Waals surface area contributed by atoms with Crippen LogP contribution in [0.4, 0.5) is 0 Å². The van der Waals surface area contributed by atoms with Gasteiger partial charge in [0.2, 0.25) is 6.29 Å². The number of nitrogens with one attached hydrogen (secondary N) is 1. The molecule has 0 spiro atoms. The number of carboxylic acid groups (broad SMARTS) is 1. The highest BCUT2D eigenvalue weighted by Crippen LogP contribution is 2.36. The van der Waals surface area contributed by atoms with Gasteiger partial charge in [-0.05, 0) is 6.08 Å². The van der Waals surface area contributed by atoms with Gasteiger partial charge in [0.15, 0.2) is 6.29 Å². The van der Waals surface area contributed by atoms with Gasteiger partial charge >= 0.3 is 11.9 Å². The molecule has 0 amide bonds. The van der Waals surface area contributed by atoms with Crippen molar-refractivity contribution >= 4 is 11.9 Å². The third kappa shape index (κ3) is 6.57. The number of carbonyl (C=O) groups is 2. The smallest absolute Gasteiger partial charge is 0.341 e. The molecule has 1 fully saturated rings. The van der Waals surface area contributed by atoms with Gasteiger partial charge in [-0.25, -0.2) is 9.59 Å². The molecule has 0 aromatic heterocycles. The van der Waals surface area contributed by atoms with Gasteiger partial charge in [0.05, 0.1) is 38.1 Å². The number of rotatable bonds is 10. The van der Waals surface area contributed by atoms with E-state index >= 15 is 0 Å². The average Bonchev–Trinajstić information content (AvgIpc) is 2.91. The molecule has 1 saturated heterocycles. The molecule has 0 aliphatic carbocycles. The fourth-order valence-electron chi connectivity index (χ4n) is 4.50. The number of methoxy groups -OCH3 is 1. The Labute approximate surface area is 218 Å². The van der Waals surface area contributed by atoms with E-state index in [1.807, 2.05) is 0 Å². The lowest BCUT2D eigenvalue weighted by Gasteiger charge is -2.42. The van der Waals surface area contributed by atoms with Crippen LogP contribution in [0.1, 0.15) is 0 Å². The zero-order chi connectivity index (χ0) is 28.0. The lowest BCUT2D eigenvalue weighted by Crippen LogP contribution is -3.08. The zero-order valence-corrected chi connectivity index (χ0v) is 20.8. The number of aliphatic hydroxyl groups is 5. The zero-order valence-electron chi connectivity index (χ0n) is 20.8. The highest BCUT2D eigenvalue weighted by atomic mass is 16.8. The molecule has 38 heavy (non-hydrogen) atoms. The van der Waals surface area contributed by atoms with Gasteiger partial charge in [0.1, 0.15) is 49.3 Å². The van der Waals surface area contributed by atoms with Gasteiger partial charge in [0.25, 0.3) is 0 Å². The SMILES string of the molecule is C=CC1C(OC2OC(CO)C(O)C(O)C2O)OC=C(C(=O)OC)C1C=CC1=CC(C(=O)O)=C[NH+](CCO)C1. The molecule has 210 valence electrons. The van der Waals surface area contributed by atoms with Crippen LogP contribution in [0.2, 0.25) is 0 Å². The fourth-order valence-corrected chi connectivity index (χ4v) is 4.50. The van der Waals surface area contributed by atoms with Gasteiger partial charge < -0.3 is 54.5 Å². The maximum Gasteiger partial charge on any atom is 0.341 e. The lowest BCUT2D eigenvalue weighted by atomic mass is 9.83. The van der Waals surface area contributed by atoms with Crippen molar-refractivity contribution in [3.63, 3.8) is 0 Å². The Morgan fingerprint density at radius 2 is 1.92 bits per heavy atom. The molecule has 0 aromatic carbocycles. The summed E-state index contributed by atoms with van der Waals surface area (Å²) in [5, 5.41) is 58.6. The van der Waals surface area contributed by atoms with Crippen molar-refractivity contribution in [3.8, 4) is 0 Å². The second-order valence-electron chi connectivity index (χ2n) is 9.03. The maximum absolute atomic E-state index is 12.5. The molecule has 13 heteroatoms. The van der Waals surface area contributed by atoms with Crippen molar-refractivity contribution < 1.29 is 64.1 Å². The van der Waals surface area contributed by atoms with Gasteiger partial charge in [-0.15, -0.1) is 6.58 Å². The minimum Gasteiger partial charge on any atom is -0.477 e. The van der Waals surface area contributed by atoms with E-state index in [0.29, 0.717) is 18.7 Å². The van der Waals surface area contributed by atoms with E-state index in [1.54, 1.807) is 12.2 Å². The summed E-state index contributed by atoms with van der Waals surface area (Å²) >= 11 is 0. The number of aliphatic carboxylic acids is 1. The van der Waals surface area contributed by atoms with Crippen LogP contribution in [0.25, 0.3) is 0 Å². The number of aliphatic hydroxyl groups excluding tert-OH is 5. The first-order valence-electron chi connectivity index (χ1n) is 12.0. The summed E-state index contributed by atoms with van der Waals surface area (Å²) in [6.45, 7) is 3.71. The van der Waals surface area contributed by atoms with Gasteiger partial charge in [-0.3, -0.25) is 0 Å². The van der Waals surface area contributed by atoms with E-state index in [-0.39, 0.29) is 17.8 Å². The van der Waals surface area contributed by atoms with Crippen molar-refractivity contribution in [1.82, 2.24) is 0 Å². The Hall–Kier alpha value is -2.88. The number of carbonyl (C=O) groups excluding carboxylic acids is 1. The summed E-state index contributed by atoms with van der Waals surface area (Å²) in [5.41, 5.74) is 0.796. The number of hydrogen-bond acceptors (Lipinski definition) is 11. The summed E-state index contributed by atoms with van der Waals surface area (Å²) in [5.74, 6) is -3.29. The second-order valence-corrected chi connectivity index (χ2v) is 9.03. The highest BCUT2D eigenvalue weighted by molar-refractivity contribution is 5.90. The number of carboxylic acids is 1. The van der Waals surface area contributed by atoms with Gasteiger partial charge in [0, 0.05) is 11.5 Å². The summed E-state index contributed by atoms with van der Waals surface area (Å²) in [6.07, 6.45) is 0.141. The first-order valence-corrected chi connectivity index (χ1v) is 12.0. The Bertz CT molecular complexity index is 1000. The summed E-state index contributed by atoms with van der Waals surface area (Å²) in [6, 6.07) is 0. The van der Waals surface area contributed by atoms with Crippen LogP contribution in [-0.2, 0) is 28.5 Å². The van der Waals surface area contributed by atoms with Crippen LogP contribution in [0.3, 0.4) is 0 Å². The predicted molar refractivity (Wildman–Crippen MR) is 128 cm³/mol. The van der Waals surface area contributed by atoms with Crippen LogP contribution in [0.15, 0.2) is 60.1 Å². The molecule has 3 aliphatic rings. The third-order valence-electron chi connectivity index (χ3n) is 6.56. The number of quaternary nitrogens is 1. The van der Waals surface area contributed by atoms with Crippen LogP contribution >= 0.6 is 0 Å². The fraction of sp³-hybridized carbons (Fsp3) is 0.520. The van der Waals surface area contributed by atoms with Crippen molar-refractivity contribution in [3.05, 3.63) is 60.1 Å². The van der Waals surface area contributed by atoms with E-state index in [4.69, 9.17) is 18.9 Å². The molecular weight excluding hydrogens is 506 g/mol. The Morgan fingerprint density at radius 1 is 1.18 bits per heavy atom. The first kappa shape index (κ1) is 29.7. The maximum atomic E-state index is 12.5. The van der Waals surface area contributed by atoms with Gasteiger partial charge in [-0.2, -0.15) is 0 Å². The molecular formula is C25H34NO12+. The number of allylic oxidation sites excluding steroid dienone is 1. The Kier molecular flexibility index (Phi) is 10.4. The first-order chi connectivity index (χ1) is 18.1. The molecule has 9 atom stereocenters. The molecule has 0 aromatic rings. The van der Waals surface area contributed by atoms with Crippen LogP contribution in [0, 0.1) is 11.8 Å². The van der Waals surface area contributed by atoms with Gasteiger partial charge in [-0.1, -0.05) is 18.2 Å². The minimum atomic E-state index is -1.67. The van der Waals surface area contributed by atoms with Crippen LogP contribution in [-0.4, -0.2) is 113 Å². The van der Waals surface area contributed by atoms with Crippen molar-refractivity contribution in [2.75, 3.05) is 33.4 Å². The average molecular weight is 541 g/mol. The lowest BCUT2D eigenvalue weighted by molar-refractivity contribution is -0.842. The molecule has 9 unspecified atom stereocenters. The number of ether oxygens (including phenoxy) is 4. The Balaban J connectivity index is 1.88. The second kappa shape index (κ2) is 13.3. The number of esters is 1. The molecule has 0 radical (unpaired) electrons. The summed E-state index contributed by atoms with van der Waals surface area (Å²) < 4.78 is 21.7. The molecule has 3 heterocycles. The normalized spacial score (nSPS) is 35.5. The molecule has 7 N–H and O–H groups in total. The predicted octanol–water partition coefficient (Wildman–Crippen LogP) is -3.02. The molecule has 3 rings (SSSR count). The van der Waals surface area contributed by atoms with Crippen molar-refractivity contribution in [2.24, 2.45) is 11.8 Å². The summed E-state index contributed by atoms with van der Waals surface area (Å²) in [7, 11) is 1.20. The molecule has 0 bridgehead atoms. The van der Waals surface area contributed by atoms with E-state index in [1.165, 1.54) is 25.5 Å². The number of hydrogen-bond donors (Lipinski definition) is 7. The quantitative estimate of drug-likeness (QED) is 0.110. The topological polar surface area (TPSA) is 197 Å². The van der Waals surface area contributed by atoms with E-state index in [2.05, 4.69) is 6.58 Å². The monoisotopic (exact) mass is 540 g/mol. The van der Waals surface area contributed by atoms with Crippen LogP contribution in [0.5, 0.6) is 0 Å². The Morgan fingerprint density at radius 3 is 2.53 bits per heavy atom.